The molecule has 114 valence electrons. The van der Waals surface area contributed by atoms with E-state index in [1.165, 1.54) is 10.9 Å². The topological polar surface area (TPSA) is 43.8 Å². The maximum absolute atomic E-state index is 12.7. The van der Waals surface area contributed by atoms with Crippen LogP contribution in [0, 0.1) is 0 Å². The molecule has 1 aromatic carbocycles. The van der Waals surface area contributed by atoms with Crippen LogP contribution >= 0.6 is 0 Å². The third-order valence-corrected chi connectivity index (χ3v) is 2.79. The minimum absolute atomic E-state index is 0.0760. The molecule has 0 saturated heterocycles. The maximum atomic E-state index is 12.7. The van der Waals surface area contributed by atoms with Crippen molar-refractivity contribution in [3.63, 3.8) is 0 Å². The molecule has 0 aliphatic rings. The highest BCUT2D eigenvalue weighted by Gasteiger charge is 2.37. The summed E-state index contributed by atoms with van der Waals surface area (Å²) in [5.74, 6) is 0. The van der Waals surface area contributed by atoms with Gasteiger partial charge in [-0.2, -0.15) is 26.3 Å². The number of alkyl halides is 6. The first kappa shape index (κ1) is 15.4. The Balaban J connectivity index is 2.66. The van der Waals surface area contributed by atoms with Crippen molar-refractivity contribution in [1.82, 2.24) is 9.55 Å². The lowest BCUT2D eigenvalue weighted by atomic mass is 10.0. The molecular formula is C12H9F6N3. The lowest BCUT2D eigenvalue weighted by molar-refractivity contribution is -0.143. The Morgan fingerprint density at radius 1 is 0.952 bits per heavy atom. The average molecular weight is 309 g/mol. The van der Waals surface area contributed by atoms with Gasteiger partial charge in [-0.1, -0.05) is 0 Å². The monoisotopic (exact) mass is 309 g/mol. The standard InChI is InChI=1S/C12H9F6N3/c13-11(14,15)8-1-7(2-9(3-8)12(16,17)18)10-4-20-6-21(10)5-19/h1-4,6H,5,19H2. The maximum Gasteiger partial charge on any atom is 0.416 e. The van der Waals surface area contributed by atoms with Gasteiger partial charge in [0.1, 0.15) is 0 Å². The molecule has 3 nitrogen and oxygen atoms in total. The van der Waals surface area contributed by atoms with Gasteiger partial charge in [0, 0.05) is 5.56 Å². The molecule has 0 fully saturated rings. The largest absolute Gasteiger partial charge is 0.416 e. The summed E-state index contributed by atoms with van der Waals surface area (Å²) < 4.78 is 77.7. The number of hydrogen-bond acceptors (Lipinski definition) is 2. The molecule has 0 unspecified atom stereocenters. The van der Waals surface area contributed by atoms with Crippen molar-refractivity contribution in [2.45, 2.75) is 19.0 Å². The zero-order chi connectivity index (χ0) is 15.8. The van der Waals surface area contributed by atoms with Crippen LogP contribution in [0.5, 0.6) is 0 Å². The van der Waals surface area contributed by atoms with E-state index in [2.05, 4.69) is 4.98 Å². The molecule has 0 spiro atoms. The van der Waals surface area contributed by atoms with E-state index < -0.39 is 23.5 Å². The van der Waals surface area contributed by atoms with Crippen LogP contribution in [-0.4, -0.2) is 9.55 Å². The van der Waals surface area contributed by atoms with E-state index >= 15 is 0 Å². The molecule has 0 saturated carbocycles. The molecule has 0 aliphatic carbocycles. The normalized spacial score (nSPS) is 12.7. The summed E-state index contributed by atoms with van der Waals surface area (Å²) in [5.41, 5.74) is 2.43. The Kier molecular flexibility index (Phi) is 3.70. The minimum atomic E-state index is -4.89. The number of benzene rings is 1. The molecule has 1 aromatic heterocycles. The van der Waals surface area contributed by atoms with Crippen molar-refractivity contribution in [1.29, 1.82) is 0 Å². The number of hydrogen-bond donors (Lipinski definition) is 1. The van der Waals surface area contributed by atoms with Crippen LogP contribution < -0.4 is 5.73 Å². The molecule has 0 amide bonds. The highest BCUT2D eigenvalue weighted by molar-refractivity contribution is 5.62. The van der Waals surface area contributed by atoms with E-state index in [0.717, 1.165) is 6.20 Å². The summed E-state index contributed by atoms with van der Waals surface area (Å²) >= 11 is 0. The molecule has 21 heavy (non-hydrogen) atoms. The van der Waals surface area contributed by atoms with Gasteiger partial charge >= 0.3 is 12.4 Å². The summed E-state index contributed by atoms with van der Waals surface area (Å²) in [4.78, 5) is 3.67. The second-order valence-corrected chi connectivity index (χ2v) is 4.23. The van der Waals surface area contributed by atoms with E-state index in [9.17, 15) is 26.3 Å². The van der Waals surface area contributed by atoms with Crippen molar-refractivity contribution in [2.75, 3.05) is 0 Å². The number of imidazole rings is 1. The Labute approximate surface area is 115 Å². The van der Waals surface area contributed by atoms with Gasteiger partial charge in [-0.25, -0.2) is 4.98 Å². The van der Waals surface area contributed by atoms with Crippen molar-refractivity contribution < 1.29 is 26.3 Å². The third-order valence-electron chi connectivity index (χ3n) is 2.79. The van der Waals surface area contributed by atoms with Gasteiger partial charge < -0.3 is 10.3 Å². The highest BCUT2D eigenvalue weighted by Crippen LogP contribution is 2.38. The molecule has 1 heterocycles. The average Bonchev–Trinajstić information content (AvgIpc) is 2.84. The molecule has 0 atom stereocenters. The summed E-state index contributed by atoms with van der Waals surface area (Å²) in [6.45, 7) is -0.118. The first-order chi connectivity index (χ1) is 9.63. The summed E-state index contributed by atoms with van der Waals surface area (Å²) in [7, 11) is 0. The summed E-state index contributed by atoms with van der Waals surface area (Å²) in [6, 6.07) is 1.35. The van der Waals surface area contributed by atoms with Crippen LogP contribution in [0.2, 0.25) is 0 Å². The van der Waals surface area contributed by atoms with Gasteiger partial charge in [0.25, 0.3) is 0 Å². The first-order valence-corrected chi connectivity index (χ1v) is 5.63. The Hall–Kier alpha value is -2.03. The van der Waals surface area contributed by atoms with Crippen molar-refractivity contribution >= 4 is 0 Å². The van der Waals surface area contributed by atoms with Crippen LogP contribution in [0.3, 0.4) is 0 Å². The summed E-state index contributed by atoms with van der Waals surface area (Å²) in [5, 5.41) is 0. The Morgan fingerprint density at radius 2 is 1.48 bits per heavy atom. The van der Waals surface area contributed by atoms with Gasteiger partial charge in [0.05, 0.1) is 36.0 Å². The number of rotatable bonds is 2. The zero-order valence-electron chi connectivity index (χ0n) is 10.3. The van der Waals surface area contributed by atoms with Gasteiger partial charge in [0.2, 0.25) is 0 Å². The Morgan fingerprint density at radius 3 is 1.90 bits per heavy atom. The fourth-order valence-electron chi connectivity index (χ4n) is 1.81. The third kappa shape index (κ3) is 3.18. The van der Waals surface area contributed by atoms with E-state index in [-0.39, 0.29) is 24.0 Å². The van der Waals surface area contributed by atoms with Crippen LogP contribution in [0.4, 0.5) is 26.3 Å². The Bertz CT molecular complexity index is 609. The molecular weight excluding hydrogens is 300 g/mol. The fourth-order valence-corrected chi connectivity index (χ4v) is 1.81. The van der Waals surface area contributed by atoms with E-state index in [0.29, 0.717) is 12.1 Å². The van der Waals surface area contributed by atoms with Crippen molar-refractivity contribution in [2.24, 2.45) is 5.73 Å². The fraction of sp³-hybridized carbons (Fsp3) is 0.250. The quantitative estimate of drug-likeness (QED) is 0.863. The van der Waals surface area contributed by atoms with E-state index in [1.807, 2.05) is 0 Å². The summed E-state index contributed by atoms with van der Waals surface area (Å²) in [6.07, 6.45) is -7.39. The van der Waals surface area contributed by atoms with Gasteiger partial charge in [-0.3, -0.25) is 0 Å². The highest BCUT2D eigenvalue weighted by atomic mass is 19.4. The zero-order valence-corrected chi connectivity index (χ0v) is 10.3. The second-order valence-electron chi connectivity index (χ2n) is 4.23. The lowest BCUT2D eigenvalue weighted by Gasteiger charge is -2.14. The molecule has 0 radical (unpaired) electrons. The van der Waals surface area contributed by atoms with Crippen molar-refractivity contribution in [3.05, 3.63) is 41.9 Å². The number of nitrogens with two attached hydrogens (primary N) is 1. The van der Waals surface area contributed by atoms with Gasteiger partial charge in [0.15, 0.2) is 0 Å². The molecule has 9 heteroatoms. The second kappa shape index (κ2) is 5.06. The number of halogens is 6. The predicted octanol–water partition coefficient (Wildman–Crippen LogP) is 3.50. The van der Waals surface area contributed by atoms with Crippen LogP contribution in [-0.2, 0) is 19.0 Å². The van der Waals surface area contributed by atoms with E-state index in [4.69, 9.17) is 5.73 Å². The first-order valence-electron chi connectivity index (χ1n) is 5.63. The molecule has 0 bridgehead atoms. The smallest absolute Gasteiger partial charge is 0.317 e. The van der Waals surface area contributed by atoms with Gasteiger partial charge in [-0.15, -0.1) is 0 Å². The van der Waals surface area contributed by atoms with Crippen LogP contribution in [0.25, 0.3) is 11.3 Å². The molecule has 2 N–H and O–H groups in total. The number of nitrogens with zero attached hydrogens (tertiary/aromatic N) is 2. The molecule has 0 aliphatic heterocycles. The number of aromatic nitrogens is 2. The van der Waals surface area contributed by atoms with Crippen LogP contribution in [0.15, 0.2) is 30.7 Å². The predicted molar refractivity (Wildman–Crippen MR) is 61.9 cm³/mol. The van der Waals surface area contributed by atoms with E-state index in [1.54, 1.807) is 0 Å². The molecule has 2 aromatic rings. The minimum Gasteiger partial charge on any atom is -0.317 e. The van der Waals surface area contributed by atoms with Crippen LogP contribution in [0.1, 0.15) is 11.1 Å². The lowest BCUT2D eigenvalue weighted by Crippen LogP contribution is -2.12. The van der Waals surface area contributed by atoms with Gasteiger partial charge in [-0.05, 0) is 18.2 Å². The van der Waals surface area contributed by atoms with Crippen molar-refractivity contribution in [3.8, 4) is 11.3 Å². The molecule has 2 rings (SSSR count). The SMILES string of the molecule is NCn1cncc1-c1cc(C(F)(F)F)cc(C(F)(F)F)c1.